The third-order valence-electron chi connectivity index (χ3n) is 6.61. The number of nitrogens with one attached hydrogen (secondary N) is 3. The number of aryl methyl sites for hydroxylation is 1. The number of fused-ring (bicyclic) bond motifs is 1. The zero-order valence-corrected chi connectivity index (χ0v) is 19.8. The number of H-pyrrole nitrogens is 1. The van der Waals surface area contributed by atoms with Gasteiger partial charge in [-0.05, 0) is 87.3 Å². The molecule has 3 N–H and O–H groups in total. The number of halogens is 1. The molecule has 3 aromatic rings. The molecule has 1 aromatic heterocycles. The summed E-state index contributed by atoms with van der Waals surface area (Å²) in [5.41, 5.74) is 5.14. The Bertz CT molecular complexity index is 1300. The molecule has 0 atom stereocenters. The van der Waals surface area contributed by atoms with Gasteiger partial charge in [0.2, 0.25) is 0 Å². The van der Waals surface area contributed by atoms with Gasteiger partial charge >= 0.3 is 0 Å². The second kappa shape index (κ2) is 9.88. The number of nitrogens with zero attached hydrogens (tertiary/aromatic N) is 1. The third-order valence-corrected chi connectivity index (χ3v) is 6.61. The summed E-state index contributed by atoms with van der Waals surface area (Å²) in [4.78, 5) is 31.6. The number of aromatic nitrogens is 1. The highest BCUT2D eigenvalue weighted by Crippen LogP contribution is 2.40. The summed E-state index contributed by atoms with van der Waals surface area (Å²) in [6.07, 6.45) is 5.13. The zero-order valence-electron chi connectivity index (χ0n) is 19.8. The molecular formula is C28H29FN4O2. The lowest BCUT2D eigenvalue weighted by Crippen LogP contribution is -2.28. The lowest BCUT2D eigenvalue weighted by molar-refractivity contribution is -0.110. The molecule has 0 radical (unpaired) electrons. The number of hydrogen-bond acceptors (Lipinski definition) is 3. The van der Waals surface area contributed by atoms with Crippen LogP contribution in [0.3, 0.4) is 0 Å². The number of hydrogen-bond donors (Lipinski definition) is 3. The molecule has 2 aliphatic heterocycles. The van der Waals surface area contributed by atoms with Crippen molar-refractivity contribution in [2.75, 3.05) is 31.5 Å². The molecule has 0 unspecified atom stereocenters. The van der Waals surface area contributed by atoms with Crippen molar-refractivity contribution in [2.45, 2.75) is 26.2 Å². The minimum atomic E-state index is -0.341. The van der Waals surface area contributed by atoms with E-state index in [9.17, 15) is 14.0 Å². The predicted molar refractivity (Wildman–Crippen MR) is 136 cm³/mol. The van der Waals surface area contributed by atoms with E-state index in [1.165, 1.54) is 25.0 Å². The van der Waals surface area contributed by atoms with Crippen LogP contribution in [0.25, 0.3) is 22.8 Å². The Morgan fingerprint density at radius 3 is 2.74 bits per heavy atom. The predicted octanol–water partition coefficient (Wildman–Crippen LogP) is 4.84. The summed E-state index contributed by atoms with van der Waals surface area (Å²) >= 11 is 0. The average Bonchev–Trinajstić information content (AvgIpc) is 3.56. The van der Waals surface area contributed by atoms with Crippen LogP contribution in [0, 0.1) is 12.7 Å². The quantitative estimate of drug-likeness (QED) is 0.340. The van der Waals surface area contributed by atoms with Gasteiger partial charge in [-0.25, -0.2) is 4.39 Å². The number of amides is 2. The van der Waals surface area contributed by atoms with Crippen molar-refractivity contribution in [3.63, 3.8) is 0 Å². The number of anilines is 1. The summed E-state index contributed by atoms with van der Waals surface area (Å²) in [5, 5.41) is 5.91. The number of carbonyl (C=O) groups excluding carboxylic acids is 2. The number of likely N-dealkylation sites (tertiary alicyclic amines) is 1. The molecule has 6 nitrogen and oxygen atoms in total. The first-order valence-electron chi connectivity index (χ1n) is 12.1. The van der Waals surface area contributed by atoms with Crippen molar-refractivity contribution in [1.82, 2.24) is 15.2 Å². The number of aromatic amines is 1. The number of rotatable bonds is 7. The van der Waals surface area contributed by atoms with Gasteiger partial charge in [0.15, 0.2) is 0 Å². The van der Waals surface area contributed by atoms with E-state index < -0.39 is 0 Å². The monoisotopic (exact) mass is 472 g/mol. The molecule has 0 spiro atoms. The molecule has 3 heterocycles. The van der Waals surface area contributed by atoms with Gasteiger partial charge in [0, 0.05) is 23.5 Å². The molecule has 180 valence electrons. The van der Waals surface area contributed by atoms with Crippen LogP contribution in [0.5, 0.6) is 0 Å². The van der Waals surface area contributed by atoms with Gasteiger partial charge in [0.1, 0.15) is 5.82 Å². The van der Waals surface area contributed by atoms with Crippen LogP contribution in [0.4, 0.5) is 10.1 Å². The molecule has 35 heavy (non-hydrogen) atoms. The van der Waals surface area contributed by atoms with Gasteiger partial charge in [0.05, 0.1) is 16.8 Å². The Labute approximate surface area is 204 Å². The molecule has 0 saturated carbocycles. The van der Waals surface area contributed by atoms with E-state index in [1.807, 2.05) is 31.2 Å². The van der Waals surface area contributed by atoms with Crippen LogP contribution in [0.2, 0.25) is 0 Å². The maximum atomic E-state index is 13.9. The molecule has 2 amide bonds. The Kier molecular flexibility index (Phi) is 6.51. The number of carbonyl (C=O) groups is 2. The summed E-state index contributed by atoms with van der Waals surface area (Å²) < 4.78 is 13.9. The minimum absolute atomic E-state index is 0.167. The maximum absolute atomic E-state index is 13.9. The molecule has 5 rings (SSSR count). The fourth-order valence-electron chi connectivity index (χ4n) is 4.95. The van der Waals surface area contributed by atoms with Gasteiger partial charge in [0.25, 0.3) is 11.8 Å². The van der Waals surface area contributed by atoms with Gasteiger partial charge in [-0.15, -0.1) is 0 Å². The Morgan fingerprint density at radius 2 is 1.94 bits per heavy atom. The van der Waals surface area contributed by atoms with E-state index in [2.05, 4.69) is 20.5 Å². The Morgan fingerprint density at radius 1 is 1.14 bits per heavy atom. The van der Waals surface area contributed by atoms with Gasteiger partial charge in [-0.3, -0.25) is 9.59 Å². The van der Waals surface area contributed by atoms with Crippen molar-refractivity contribution in [3.8, 4) is 11.1 Å². The highest BCUT2D eigenvalue weighted by Gasteiger charge is 2.28. The SMILES string of the molecule is Cc1cc(C(=O)NCCCN2CCCC2)c(/C=C2\C(=O)Nc3cccc(-c4cccc(F)c4)c32)[nH]1. The van der Waals surface area contributed by atoms with Crippen molar-refractivity contribution in [3.05, 3.63) is 76.9 Å². The molecular weight excluding hydrogens is 443 g/mol. The van der Waals surface area contributed by atoms with Crippen LogP contribution in [0.1, 0.15) is 46.6 Å². The average molecular weight is 473 g/mol. The minimum Gasteiger partial charge on any atom is -0.358 e. The van der Waals surface area contributed by atoms with E-state index in [-0.39, 0.29) is 17.6 Å². The highest BCUT2D eigenvalue weighted by molar-refractivity contribution is 6.36. The molecule has 1 saturated heterocycles. The topological polar surface area (TPSA) is 77.2 Å². The van der Waals surface area contributed by atoms with Crippen LogP contribution in [-0.4, -0.2) is 47.9 Å². The van der Waals surface area contributed by atoms with Crippen molar-refractivity contribution < 1.29 is 14.0 Å². The molecule has 0 bridgehead atoms. The Hall–Kier alpha value is -3.71. The largest absolute Gasteiger partial charge is 0.358 e. The van der Waals surface area contributed by atoms with Crippen LogP contribution in [0.15, 0.2) is 48.5 Å². The molecule has 7 heteroatoms. The Balaban J connectivity index is 1.41. The molecule has 0 aliphatic carbocycles. The lowest BCUT2D eigenvalue weighted by Gasteiger charge is -2.14. The second-order valence-electron chi connectivity index (χ2n) is 9.19. The van der Waals surface area contributed by atoms with Crippen molar-refractivity contribution in [2.24, 2.45) is 0 Å². The number of benzene rings is 2. The van der Waals surface area contributed by atoms with Crippen LogP contribution >= 0.6 is 0 Å². The summed E-state index contributed by atoms with van der Waals surface area (Å²) in [7, 11) is 0. The van der Waals surface area contributed by atoms with Crippen molar-refractivity contribution >= 4 is 29.2 Å². The van der Waals surface area contributed by atoms with Gasteiger partial charge in [-0.2, -0.15) is 0 Å². The van der Waals surface area contributed by atoms with E-state index >= 15 is 0 Å². The van der Waals surface area contributed by atoms with E-state index in [1.54, 1.807) is 18.2 Å². The highest BCUT2D eigenvalue weighted by atomic mass is 19.1. The molecule has 2 aromatic carbocycles. The van der Waals surface area contributed by atoms with E-state index in [4.69, 9.17) is 0 Å². The second-order valence-corrected chi connectivity index (χ2v) is 9.19. The first-order chi connectivity index (χ1) is 17.0. The lowest BCUT2D eigenvalue weighted by atomic mass is 9.94. The fourth-order valence-corrected chi connectivity index (χ4v) is 4.95. The fraction of sp³-hybridized carbons (Fsp3) is 0.286. The maximum Gasteiger partial charge on any atom is 0.256 e. The molecule has 2 aliphatic rings. The van der Waals surface area contributed by atoms with Crippen LogP contribution in [-0.2, 0) is 4.79 Å². The third kappa shape index (κ3) is 4.91. The van der Waals surface area contributed by atoms with E-state index in [0.717, 1.165) is 37.3 Å². The van der Waals surface area contributed by atoms with Gasteiger partial charge in [-0.1, -0.05) is 24.3 Å². The standard InChI is InChI=1S/C28H29FN4O2/c1-18-15-22(27(34)30-11-6-14-33-12-2-3-13-33)25(31-18)17-23-26-21(19-7-4-8-20(29)16-19)9-5-10-24(26)32-28(23)35/h4-5,7-10,15-17,31H,2-3,6,11-14H2,1H3,(H,30,34)(H,32,35)/b23-17-. The van der Waals surface area contributed by atoms with Crippen molar-refractivity contribution in [1.29, 1.82) is 0 Å². The summed E-state index contributed by atoms with van der Waals surface area (Å²) in [5.74, 6) is -0.764. The first kappa shape index (κ1) is 23.1. The van der Waals surface area contributed by atoms with Crippen LogP contribution < -0.4 is 10.6 Å². The summed E-state index contributed by atoms with van der Waals surface area (Å²) in [6.45, 7) is 5.76. The zero-order chi connectivity index (χ0) is 24.4. The molecule has 1 fully saturated rings. The normalized spacial score (nSPS) is 16.5. The first-order valence-corrected chi connectivity index (χ1v) is 12.1. The van der Waals surface area contributed by atoms with E-state index in [0.29, 0.717) is 40.2 Å². The summed E-state index contributed by atoms with van der Waals surface area (Å²) in [6, 6.07) is 13.6. The van der Waals surface area contributed by atoms with Gasteiger partial charge < -0.3 is 20.5 Å². The smallest absolute Gasteiger partial charge is 0.256 e.